The number of fused-ring (bicyclic) bond motifs is 1. The number of rotatable bonds is 1. The lowest BCUT2D eigenvalue weighted by Gasteiger charge is -1.94. The van der Waals surface area contributed by atoms with Crippen LogP contribution in [0.1, 0.15) is 24.8 Å². The summed E-state index contributed by atoms with van der Waals surface area (Å²) in [6.45, 7) is 4.31. The Balaban J connectivity index is 2.58. The lowest BCUT2D eigenvalue weighted by molar-refractivity contribution is 0.857. The minimum Gasteiger partial charge on any atom is -0.232 e. The molecule has 0 N–H and O–H groups in total. The van der Waals surface area contributed by atoms with E-state index in [1.807, 2.05) is 5.51 Å². The minimum absolute atomic E-state index is 0.529. The Morgan fingerprint density at radius 3 is 2.82 bits per heavy atom. The first-order chi connectivity index (χ1) is 5.27. The number of thiazole rings is 2. The van der Waals surface area contributed by atoms with Crippen molar-refractivity contribution in [3.8, 4) is 0 Å². The molecule has 0 atom stereocenters. The molecule has 0 aliphatic rings. The molecule has 2 nitrogen and oxygen atoms in total. The predicted molar refractivity (Wildman–Crippen MR) is 49.4 cm³/mol. The van der Waals surface area contributed by atoms with Crippen molar-refractivity contribution in [1.82, 2.24) is 9.97 Å². The summed E-state index contributed by atoms with van der Waals surface area (Å²) in [6, 6.07) is 0. The standard InChI is InChI=1S/C7H8N2S2/c1-4(2)5-9-7-6(11-5)8-3-10-7/h3-4H,1-2H3. The van der Waals surface area contributed by atoms with Gasteiger partial charge in [0.2, 0.25) is 0 Å². The molecule has 0 fully saturated rings. The average Bonchev–Trinajstić information content (AvgIpc) is 2.40. The lowest BCUT2D eigenvalue weighted by Crippen LogP contribution is -1.82. The van der Waals surface area contributed by atoms with E-state index in [9.17, 15) is 0 Å². The zero-order chi connectivity index (χ0) is 7.84. The highest BCUT2D eigenvalue weighted by molar-refractivity contribution is 7.25. The number of hydrogen-bond donors (Lipinski definition) is 0. The highest BCUT2D eigenvalue weighted by atomic mass is 32.1. The third-order valence-electron chi connectivity index (χ3n) is 1.42. The van der Waals surface area contributed by atoms with E-state index in [-0.39, 0.29) is 0 Å². The molecule has 4 heteroatoms. The number of hydrogen-bond acceptors (Lipinski definition) is 4. The number of nitrogens with zero attached hydrogens (tertiary/aromatic N) is 2. The second-order valence-corrected chi connectivity index (χ2v) is 4.51. The molecular formula is C7H8N2S2. The first-order valence-electron chi connectivity index (χ1n) is 3.47. The van der Waals surface area contributed by atoms with Crippen LogP contribution in [-0.4, -0.2) is 9.97 Å². The fraction of sp³-hybridized carbons (Fsp3) is 0.429. The van der Waals surface area contributed by atoms with Gasteiger partial charge in [0, 0.05) is 5.92 Å². The van der Waals surface area contributed by atoms with Gasteiger partial charge in [-0.2, -0.15) is 0 Å². The van der Waals surface area contributed by atoms with E-state index in [1.165, 1.54) is 5.01 Å². The van der Waals surface area contributed by atoms with Crippen molar-refractivity contribution in [3.63, 3.8) is 0 Å². The van der Waals surface area contributed by atoms with Crippen molar-refractivity contribution in [2.75, 3.05) is 0 Å². The predicted octanol–water partition coefficient (Wildman–Crippen LogP) is 2.88. The van der Waals surface area contributed by atoms with Crippen LogP contribution in [-0.2, 0) is 0 Å². The molecule has 0 aromatic carbocycles. The molecule has 0 unspecified atom stereocenters. The van der Waals surface area contributed by atoms with Gasteiger partial charge in [-0.25, -0.2) is 9.97 Å². The van der Waals surface area contributed by atoms with E-state index in [2.05, 4.69) is 23.8 Å². The summed E-state index contributed by atoms with van der Waals surface area (Å²) in [4.78, 5) is 10.8. The molecule has 2 aromatic heterocycles. The molecule has 0 amide bonds. The van der Waals surface area contributed by atoms with E-state index in [0.717, 1.165) is 9.66 Å². The summed E-state index contributed by atoms with van der Waals surface area (Å²) in [5.41, 5.74) is 1.85. The van der Waals surface area contributed by atoms with Crippen LogP contribution in [0.5, 0.6) is 0 Å². The van der Waals surface area contributed by atoms with Gasteiger partial charge in [0.05, 0.1) is 10.5 Å². The Kier molecular flexibility index (Phi) is 1.65. The number of aromatic nitrogens is 2. The van der Waals surface area contributed by atoms with Gasteiger partial charge in [-0.05, 0) is 0 Å². The maximum Gasteiger partial charge on any atom is 0.154 e. The van der Waals surface area contributed by atoms with Crippen LogP contribution in [0.2, 0.25) is 0 Å². The van der Waals surface area contributed by atoms with Crippen molar-refractivity contribution >= 4 is 32.3 Å². The van der Waals surface area contributed by atoms with Crippen molar-refractivity contribution in [3.05, 3.63) is 10.5 Å². The van der Waals surface area contributed by atoms with Gasteiger partial charge < -0.3 is 0 Å². The average molecular weight is 184 g/mol. The van der Waals surface area contributed by atoms with Crippen molar-refractivity contribution in [1.29, 1.82) is 0 Å². The molecule has 0 spiro atoms. The van der Waals surface area contributed by atoms with Crippen molar-refractivity contribution < 1.29 is 0 Å². The monoisotopic (exact) mass is 184 g/mol. The van der Waals surface area contributed by atoms with E-state index in [4.69, 9.17) is 0 Å². The minimum atomic E-state index is 0.529. The molecule has 0 saturated carbocycles. The van der Waals surface area contributed by atoms with Crippen molar-refractivity contribution in [2.45, 2.75) is 19.8 Å². The fourth-order valence-electron chi connectivity index (χ4n) is 0.843. The fourth-order valence-corrected chi connectivity index (χ4v) is 2.61. The molecule has 0 radical (unpaired) electrons. The highest BCUT2D eigenvalue weighted by Gasteiger charge is 2.08. The summed E-state index contributed by atoms with van der Waals surface area (Å²) in [6.07, 6.45) is 0. The second kappa shape index (κ2) is 2.53. The van der Waals surface area contributed by atoms with Crippen molar-refractivity contribution in [2.24, 2.45) is 0 Å². The van der Waals surface area contributed by atoms with Gasteiger partial charge in [0.15, 0.2) is 9.66 Å². The van der Waals surface area contributed by atoms with E-state index in [1.54, 1.807) is 22.7 Å². The van der Waals surface area contributed by atoms with Gasteiger partial charge >= 0.3 is 0 Å². The largest absolute Gasteiger partial charge is 0.232 e. The molecule has 2 aromatic rings. The summed E-state index contributed by atoms with van der Waals surface area (Å²) >= 11 is 3.31. The van der Waals surface area contributed by atoms with E-state index >= 15 is 0 Å². The maximum atomic E-state index is 4.45. The summed E-state index contributed by atoms with van der Waals surface area (Å²) < 4.78 is 0. The van der Waals surface area contributed by atoms with Crippen LogP contribution in [0.25, 0.3) is 9.66 Å². The zero-order valence-corrected chi connectivity index (χ0v) is 8.00. The SMILES string of the molecule is CC(C)c1nc2scnc2s1. The Bertz CT molecular complexity index is 333. The van der Waals surface area contributed by atoms with Gasteiger partial charge in [-0.1, -0.05) is 25.2 Å². The molecule has 2 rings (SSSR count). The third kappa shape index (κ3) is 1.16. The smallest absolute Gasteiger partial charge is 0.154 e. The lowest BCUT2D eigenvalue weighted by atomic mass is 10.2. The molecular weight excluding hydrogens is 176 g/mol. The van der Waals surface area contributed by atoms with Gasteiger partial charge in [0.1, 0.15) is 0 Å². The van der Waals surface area contributed by atoms with E-state index < -0.39 is 0 Å². The molecule has 11 heavy (non-hydrogen) atoms. The Morgan fingerprint density at radius 2 is 2.18 bits per heavy atom. The first kappa shape index (κ1) is 7.18. The van der Waals surface area contributed by atoms with Gasteiger partial charge in [-0.15, -0.1) is 11.3 Å². The molecule has 58 valence electrons. The summed E-state index contributed by atoms with van der Waals surface area (Å²) in [5.74, 6) is 0.529. The van der Waals surface area contributed by atoms with Crippen LogP contribution in [0.3, 0.4) is 0 Å². The quantitative estimate of drug-likeness (QED) is 0.681. The van der Waals surface area contributed by atoms with Crippen LogP contribution in [0.4, 0.5) is 0 Å². The maximum absolute atomic E-state index is 4.45. The van der Waals surface area contributed by atoms with Crippen LogP contribution in [0, 0.1) is 0 Å². The van der Waals surface area contributed by atoms with E-state index in [0.29, 0.717) is 5.92 Å². The molecule has 0 aliphatic carbocycles. The zero-order valence-electron chi connectivity index (χ0n) is 6.37. The Morgan fingerprint density at radius 1 is 1.36 bits per heavy atom. The second-order valence-electron chi connectivity index (χ2n) is 2.67. The Labute approximate surface area is 72.9 Å². The topological polar surface area (TPSA) is 25.8 Å². The molecule has 0 aliphatic heterocycles. The normalized spacial score (nSPS) is 11.5. The summed E-state index contributed by atoms with van der Waals surface area (Å²) in [5, 5.41) is 1.19. The molecule has 0 saturated heterocycles. The summed E-state index contributed by atoms with van der Waals surface area (Å²) in [7, 11) is 0. The van der Waals surface area contributed by atoms with Gasteiger partial charge in [0.25, 0.3) is 0 Å². The van der Waals surface area contributed by atoms with Crippen LogP contribution in [0.15, 0.2) is 5.51 Å². The van der Waals surface area contributed by atoms with Crippen LogP contribution >= 0.6 is 22.7 Å². The third-order valence-corrected chi connectivity index (χ3v) is 3.54. The molecule has 0 bridgehead atoms. The first-order valence-corrected chi connectivity index (χ1v) is 5.17. The Hall–Kier alpha value is -0.480. The highest BCUT2D eigenvalue weighted by Crippen LogP contribution is 2.28. The van der Waals surface area contributed by atoms with Gasteiger partial charge in [-0.3, -0.25) is 0 Å². The van der Waals surface area contributed by atoms with Crippen LogP contribution < -0.4 is 0 Å². The molecule has 2 heterocycles.